The zero-order valence-electron chi connectivity index (χ0n) is 36.9. The topological polar surface area (TPSA) is 155 Å². The number of carbonyl (C=O) groups excluding carboxylic acids is 2. The average Bonchev–Trinajstić information content (AvgIpc) is 3.20. The van der Waals surface area contributed by atoms with E-state index in [4.69, 9.17) is 24.3 Å². The smallest absolute Gasteiger partial charge is 0.462 e. The molecule has 338 valence electrons. The first-order chi connectivity index (χ1) is 28.2. The minimum absolute atomic E-state index is 0.0400. The van der Waals surface area contributed by atoms with Gasteiger partial charge >= 0.3 is 19.8 Å². The number of hydrogen-bond acceptors (Lipinski definition) is 9. The van der Waals surface area contributed by atoms with Gasteiger partial charge in [-0.05, 0) is 64.2 Å². The number of allylic oxidation sites excluding steroid dienone is 6. The third-order valence-corrected chi connectivity index (χ3v) is 10.8. The standard InChI is InChI=1S/C47H86NO9P/c1-3-5-7-8-9-10-11-12-13-14-15-16-17-18-19-20-21-24-27-30-34-38-46(50)54-42-45(43-56-58(52,53)55-41-40-48)57-47(51)39-35-31-28-25-22-23-26-29-33-37-44(49)36-32-6-4-2/h6,12-13,26,29,32-33,37,44-45,49H,3-5,7-11,14-25,27-28,30-31,34-36,38-43,48H2,1-2H3,(H,52,53)/b13-12-,29-26+,32-6+,37-33+/t44?,45-/m1/s1. The second-order valence-electron chi connectivity index (χ2n) is 15.4. The van der Waals surface area contributed by atoms with Crippen LogP contribution in [0, 0.1) is 0 Å². The molecule has 0 saturated heterocycles. The molecule has 0 saturated carbocycles. The van der Waals surface area contributed by atoms with Crippen LogP contribution in [-0.4, -0.2) is 60.5 Å². The van der Waals surface area contributed by atoms with E-state index < -0.39 is 38.6 Å². The summed E-state index contributed by atoms with van der Waals surface area (Å²) < 4.78 is 32.8. The number of rotatable bonds is 43. The molecule has 58 heavy (non-hydrogen) atoms. The molecule has 0 aromatic heterocycles. The quantitative estimate of drug-likeness (QED) is 0.0178. The molecule has 4 N–H and O–H groups in total. The van der Waals surface area contributed by atoms with E-state index in [1.54, 1.807) is 6.08 Å². The summed E-state index contributed by atoms with van der Waals surface area (Å²) in [6.07, 6.45) is 46.2. The molecule has 0 heterocycles. The van der Waals surface area contributed by atoms with Crippen molar-refractivity contribution in [1.82, 2.24) is 0 Å². The van der Waals surface area contributed by atoms with Crippen LogP contribution in [0.5, 0.6) is 0 Å². The van der Waals surface area contributed by atoms with Gasteiger partial charge in [-0.15, -0.1) is 0 Å². The van der Waals surface area contributed by atoms with Crippen molar-refractivity contribution in [2.75, 3.05) is 26.4 Å². The molecule has 0 aromatic carbocycles. The first-order valence-electron chi connectivity index (χ1n) is 23.2. The molecule has 0 aliphatic rings. The summed E-state index contributed by atoms with van der Waals surface area (Å²) in [6, 6.07) is 0. The van der Waals surface area contributed by atoms with E-state index >= 15 is 0 Å². The maximum atomic E-state index is 12.6. The number of unbranched alkanes of at least 4 members (excludes halogenated alkanes) is 22. The molecule has 2 unspecified atom stereocenters. The minimum Gasteiger partial charge on any atom is -0.462 e. The van der Waals surface area contributed by atoms with Crippen LogP contribution < -0.4 is 5.73 Å². The summed E-state index contributed by atoms with van der Waals surface area (Å²) in [4.78, 5) is 34.9. The highest BCUT2D eigenvalue weighted by atomic mass is 31.2. The minimum atomic E-state index is -4.40. The van der Waals surface area contributed by atoms with Gasteiger partial charge in [-0.2, -0.15) is 0 Å². The van der Waals surface area contributed by atoms with E-state index in [0.29, 0.717) is 12.8 Å². The SMILES string of the molecule is CC/C=C/CC(O)/C=C/C=C/CCCCCCCC(=O)O[C@H](COC(=O)CCCCCCCCCCCCC/C=C\CCCCCCCC)COP(=O)(O)OCCN. The van der Waals surface area contributed by atoms with E-state index in [-0.39, 0.29) is 32.6 Å². The fraction of sp³-hybridized carbons (Fsp3) is 0.787. The molecule has 0 rings (SSSR count). The second-order valence-corrected chi connectivity index (χ2v) is 16.9. The molecule has 0 fully saturated rings. The van der Waals surface area contributed by atoms with E-state index in [2.05, 4.69) is 32.1 Å². The van der Waals surface area contributed by atoms with E-state index in [1.165, 1.54) is 103 Å². The summed E-state index contributed by atoms with van der Waals surface area (Å²) in [7, 11) is -4.40. The zero-order valence-corrected chi connectivity index (χ0v) is 37.8. The van der Waals surface area contributed by atoms with Gasteiger partial charge in [0.2, 0.25) is 0 Å². The molecule has 0 aromatic rings. The Bertz CT molecular complexity index is 1110. The molecule has 11 heteroatoms. The summed E-state index contributed by atoms with van der Waals surface area (Å²) in [6.45, 7) is 3.48. The maximum absolute atomic E-state index is 12.6. The number of esters is 2. The lowest BCUT2D eigenvalue weighted by atomic mass is 10.0. The van der Waals surface area contributed by atoms with Gasteiger partial charge < -0.3 is 25.2 Å². The average molecular weight is 840 g/mol. The molecule has 0 radical (unpaired) electrons. The van der Waals surface area contributed by atoms with Crippen molar-refractivity contribution in [3.05, 3.63) is 48.6 Å². The van der Waals surface area contributed by atoms with Gasteiger partial charge in [0.1, 0.15) is 6.61 Å². The lowest BCUT2D eigenvalue weighted by molar-refractivity contribution is -0.161. The van der Waals surface area contributed by atoms with Crippen molar-refractivity contribution < 1.29 is 42.7 Å². The zero-order chi connectivity index (χ0) is 42.6. The normalized spacial score (nSPS) is 14.2. The van der Waals surface area contributed by atoms with Crippen LogP contribution >= 0.6 is 7.82 Å². The van der Waals surface area contributed by atoms with Gasteiger partial charge in [-0.3, -0.25) is 18.6 Å². The predicted molar refractivity (Wildman–Crippen MR) is 239 cm³/mol. The van der Waals surface area contributed by atoms with Crippen LogP contribution in [0.2, 0.25) is 0 Å². The number of ether oxygens (including phenoxy) is 2. The number of phosphoric acid groups is 1. The van der Waals surface area contributed by atoms with E-state index in [1.807, 2.05) is 24.3 Å². The van der Waals surface area contributed by atoms with Crippen molar-refractivity contribution in [3.8, 4) is 0 Å². The van der Waals surface area contributed by atoms with Gasteiger partial charge in [0.25, 0.3) is 0 Å². The number of phosphoric ester groups is 1. The Hall–Kier alpha value is -2.07. The van der Waals surface area contributed by atoms with Crippen molar-refractivity contribution in [1.29, 1.82) is 0 Å². The third kappa shape index (κ3) is 42.1. The Labute approximate surface area is 354 Å². The number of hydrogen-bond donors (Lipinski definition) is 3. The largest absolute Gasteiger partial charge is 0.472 e. The first kappa shape index (κ1) is 55.9. The van der Waals surface area contributed by atoms with Crippen molar-refractivity contribution >= 4 is 19.8 Å². The highest BCUT2D eigenvalue weighted by molar-refractivity contribution is 7.47. The Morgan fingerprint density at radius 1 is 0.603 bits per heavy atom. The van der Waals surface area contributed by atoms with Crippen LogP contribution in [0.1, 0.15) is 200 Å². The first-order valence-corrected chi connectivity index (χ1v) is 24.7. The van der Waals surface area contributed by atoms with Gasteiger partial charge in [0, 0.05) is 19.4 Å². The predicted octanol–water partition coefficient (Wildman–Crippen LogP) is 12.5. The van der Waals surface area contributed by atoms with E-state index in [0.717, 1.165) is 57.8 Å². The van der Waals surface area contributed by atoms with Crippen molar-refractivity contribution in [2.24, 2.45) is 5.73 Å². The second kappa shape index (κ2) is 43.0. The van der Waals surface area contributed by atoms with Crippen LogP contribution in [0.3, 0.4) is 0 Å². The third-order valence-electron chi connectivity index (χ3n) is 9.78. The number of carbonyl (C=O) groups is 2. The molecule has 0 amide bonds. The summed E-state index contributed by atoms with van der Waals surface area (Å²) in [5.41, 5.74) is 5.35. The lowest BCUT2D eigenvalue weighted by Gasteiger charge is -2.19. The monoisotopic (exact) mass is 840 g/mol. The highest BCUT2D eigenvalue weighted by Crippen LogP contribution is 2.43. The molecule has 3 atom stereocenters. The van der Waals surface area contributed by atoms with Crippen LogP contribution in [0.4, 0.5) is 0 Å². The molecule has 0 aliphatic heterocycles. The van der Waals surface area contributed by atoms with Crippen molar-refractivity contribution in [2.45, 2.75) is 212 Å². The number of aliphatic hydroxyl groups excluding tert-OH is 1. The summed E-state index contributed by atoms with van der Waals surface area (Å²) >= 11 is 0. The van der Waals surface area contributed by atoms with Crippen LogP contribution in [0.25, 0.3) is 0 Å². The Balaban J connectivity index is 4.13. The summed E-state index contributed by atoms with van der Waals surface area (Å²) in [5.74, 6) is -0.881. The Morgan fingerprint density at radius 2 is 1.10 bits per heavy atom. The van der Waals surface area contributed by atoms with Crippen LogP contribution in [-0.2, 0) is 32.7 Å². The molecule has 0 spiro atoms. The highest BCUT2D eigenvalue weighted by Gasteiger charge is 2.26. The van der Waals surface area contributed by atoms with Gasteiger partial charge in [-0.25, -0.2) is 4.57 Å². The Kier molecular flexibility index (Phi) is 41.5. The molecule has 0 bridgehead atoms. The number of aliphatic hydroxyl groups is 1. The van der Waals surface area contributed by atoms with Gasteiger partial charge in [-0.1, -0.05) is 172 Å². The lowest BCUT2D eigenvalue weighted by Crippen LogP contribution is -2.29. The van der Waals surface area contributed by atoms with Crippen molar-refractivity contribution in [3.63, 3.8) is 0 Å². The molecular weight excluding hydrogens is 753 g/mol. The Morgan fingerprint density at radius 3 is 1.64 bits per heavy atom. The van der Waals surface area contributed by atoms with E-state index in [9.17, 15) is 24.2 Å². The summed E-state index contributed by atoms with van der Waals surface area (Å²) in [5, 5.41) is 9.87. The van der Waals surface area contributed by atoms with Crippen LogP contribution in [0.15, 0.2) is 48.6 Å². The maximum Gasteiger partial charge on any atom is 0.472 e. The van der Waals surface area contributed by atoms with Gasteiger partial charge in [0.05, 0.1) is 19.3 Å². The fourth-order valence-electron chi connectivity index (χ4n) is 6.31. The van der Waals surface area contributed by atoms with Gasteiger partial charge in [0.15, 0.2) is 6.10 Å². The fourth-order valence-corrected chi connectivity index (χ4v) is 7.08. The molecule has 0 aliphatic carbocycles. The number of nitrogens with two attached hydrogens (primary N) is 1. The molecular formula is C47H86NO9P. The molecule has 10 nitrogen and oxygen atoms in total.